The van der Waals surface area contributed by atoms with Crippen LogP contribution in [-0.2, 0) is 4.79 Å². The third-order valence-electron chi connectivity index (χ3n) is 4.16. The van der Waals surface area contributed by atoms with Gasteiger partial charge in [0.2, 0.25) is 5.91 Å². The summed E-state index contributed by atoms with van der Waals surface area (Å²) < 4.78 is 0. The number of hydrogen-bond donors (Lipinski definition) is 2. The van der Waals surface area contributed by atoms with Crippen LogP contribution in [0, 0.1) is 5.92 Å². The number of likely N-dealkylation sites (tertiary alicyclic amines) is 1. The first-order chi connectivity index (χ1) is 10.1. The number of halogens is 1. The van der Waals surface area contributed by atoms with Crippen LogP contribution < -0.4 is 11.1 Å². The van der Waals surface area contributed by atoms with Crippen molar-refractivity contribution in [3.8, 4) is 0 Å². The largest absolute Gasteiger partial charge is 0.397 e. The van der Waals surface area contributed by atoms with Crippen molar-refractivity contribution < 1.29 is 4.79 Å². The summed E-state index contributed by atoms with van der Waals surface area (Å²) in [6, 6.07) is 5.16. The summed E-state index contributed by atoms with van der Waals surface area (Å²) in [5, 5.41) is 3.39. The van der Waals surface area contributed by atoms with Crippen LogP contribution in [0.4, 0.5) is 11.4 Å². The van der Waals surface area contributed by atoms with E-state index in [1.165, 1.54) is 25.7 Å². The zero-order valence-electron chi connectivity index (χ0n) is 12.6. The topological polar surface area (TPSA) is 58.4 Å². The van der Waals surface area contributed by atoms with Crippen LogP contribution >= 0.6 is 11.6 Å². The smallest absolute Gasteiger partial charge is 0.238 e. The zero-order valence-corrected chi connectivity index (χ0v) is 13.3. The molecule has 3 N–H and O–H groups in total. The second-order valence-electron chi connectivity index (χ2n) is 5.77. The molecule has 0 saturated carbocycles. The number of nitrogens with two attached hydrogens (primary N) is 1. The number of hydrogen-bond acceptors (Lipinski definition) is 3. The van der Waals surface area contributed by atoms with Crippen molar-refractivity contribution in [2.45, 2.75) is 32.6 Å². The van der Waals surface area contributed by atoms with Gasteiger partial charge in [-0.05, 0) is 56.5 Å². The number of carbonyl (C=O) groups is 1. The minimum absolute atomic E-state index is 0.00618. The van der Waals surface area contributed by atoms with Crippen LogP contribution in [0.5, 0.6) is 0 Å². The van der Waals surface area contributed by atoms with Crippen molar-refractivity contribution in [1.82, 2.24) is 4.90 Å². The maximum Gasteiger partial charge on any atom is 0.238 e. The molecule has 0 aromatic heterocycles. The van der Waals surface area contributed by atoms with Crippen LogP contribution in [-0.4, -0.2) is 30.4 Å². The molecule has 1 aromatic carbocycles. The van der Waals surface area contributed by atoms with Gasteiger partial charge in [-0.3, -0.25) is 9.69 Å². The zero-order chi connectivity index (χ0) is 15.2. The van der Waals surface area contributed by atoms with Gasteiger partial charge in [0, 0.05) is 5.69 Å². The summed E-state index contributed by atoms with van der Waals surface area (Å²) in [5.41, 5.74) is 6.92. The third-order valence-corrected chi connectivity index (χ3v) is 4.51. The molecule has 1 amide bonds. The first kappa shape index (κ1) is 16.1. The number of rotatable bonds is 4. The van der Waals surface area contributed by atoms with Gasteiger partial charge in [-0.1, -0.05) is 24.9 Å². The lowest BCUT2D eigenvalue weighted by Gasteiger charge is -2.19. The third kappa shape index (κ3) is 4.90. The van der Waals surface area contributed by atoms with Crippen LogP contribution in [0.15, 0.2) is 18.2 Å². The Hall–Kier alpha value is -1.26. The molecule has 0 radical (unpaired) electrons. The van der Waals surface area contributed by atoms with Crippen molar-refractivity contribution in [3.63, 3.8) is 0 Å². The summed E-state index contributed by atoms with van der Waals surface area (Å²) in [5.74, 6) is 0.820. The lowest BCUT2D eigenvalue weighted by atomic mass is 9.98. The summed E-state index contributed by atoms with van der Waals surface area (Å²) in [7, 11) is 0. The van der Waals surface area contributed by atoms with Crippen molar-refractivity contribution in [3.05, 3.63) is 23.2 Å². The van der Waals surface area contributed by atoms with Crippen molar-refractivity contribution in [2.75, 3.05) is 30.7 Å². The molecule has 1 saturated heterocycles. The van der Waals surface area contributed by atoms with E-state index in [0.717, 1.165) is 19.0 Å². The van der Waals surface area contributed by atoms with Gasteiger partial charge in [-0.2, -0.15) is 0 Å². The predicted octanol–water partition coefficient (Wildman–Crippen LogP) is 3.37. The molecule has 21 heavy (non-hydrogen) atoms. The Morgan fingerprint density at radius 3 is 2.95 bits per heavy atom. The molecule has 1 aromatic rings. The van der Waals surface area contributed by atoms with Crippen LogP contribution in [0.2, 0.25) is 5.02 Å². The van der Waals surface area contributed by atoms with Gasteiger partial charge in [0.05, 0.1) is 17.3 Å². The Morgan fingerprint density at radius 1 is 1.43 bits per heavy atom. The SMILES string of the molecule is CCC1CCCN(CC(=O)Nc2ccc(Cl)c(N)c2)CC1. The average molecular weight is 310 g/mol. The number of benzene rings is 1. The van der Waals surface area contributed by atoms with Gasteiger partial charge in [-0.15, -0.1) is 0 Å². The van der Waals surface area contributed by atoms with Gasteiger partial charge in [-0.25, -0.2) is 0 Å². The van der Waals surface area contributed by atoms with Gasteiger partial charge in [0.15, 0.2) is 0 Å². The van der Waals surface area contributed by atoms with E-state index < -0.39 is 0 Å². The van der Waals surface area contributed by atoms with E-state index in [2.05, 4.69) is 17.1 Å². The minimum atomic E-state index is 0.00618. The molecule has 1 heterocycles. The van der Waals surface area contributed by atoms with E-state index in [9.17, 15) is 4.79 Å². The first-order valence-electron chi connectivity index (χ1n) is 7.65. The average Bonchev–Trinajstić information content (AvgIpc) is 2.68. The fraction of sp³-hybridized carbons (Fsp3) is 0.562. The molecule has 4 nitrogen and oxygen atoms in total. The number of anilines is 2. The van der Waals surface area contributed by atoms with Gasteiger partial charge in [0.1, 0.15) is 0 Å². The normalized spacial score (nSPS) is 20.0. The Labute approximate surface area is 131 Å². The van der Waals surface area contributed by atoms with Gasteiger partial charge in [0.25, 0.3) is 0 Å². The lowest BCUT2D eigenvalue weighted by molar-refractivity contribution is -0.117. The van der Waals surface area contributed by atoms with Crippen molar-refractivity contribution in [2.24, 2.45) is 5.92 Å². The second kappa shape index (κ2) is 7.66. The van der Waals surface area contributed by atoms with E-state index in [-0.39, 0.29) is 5.91 Å². The Balaban J connectivity index is 1.85. The highest BCUT2D eigenvalue weighted by molar-refractivity contribution is 6.33. The van der Waals surface area contributed by atoms with Gasteiger partial charge < -0.3 is 11.1 Å². The van der Waals surface area contributed by atoms with E-state index in [0.29, 0.717) is 22.9 Å². The fourth-order valence-electron chi connectivity index (χ4n) is 2.82. The van der Waals surface area contributed by atoms with Crippen LogP contribution in [0.3, 0.4) is 0 Å². The van der Waals surface area contributed by atoms with Crippen molar-refractivity contribution >= 4 is 28.9 Å². The Kier molecular flexibility index (Phi) is 5.88. The molecule has 1 unspecified atom stereocenters. The molecule has 1 aliphatic heterocycles. The Bertz CT molecular complexity index is 492. The number of nitrogen functional groups attached to an aromatic ring is 1. The summed E-state index contributed by atoms with van der Waals surface area (Å²) >= 11 is 5.87. The van der Waals surface area contributed by atoms with Crippen molar-refractivity contribution in [1.29, 1.82) is 0 Å². The van der Waals surface area contributed by atoms with E-state index in [1.807, 2.05) is 0 Å². The summed E-state index contributed by atoms with van der Waals surface area (Å²) in [4.78, 5) is 14.4. The van der Waals surface area contributed by atoms with E-state index in [1.54, 1.807) is 18.2 Å². The second-order valence-corrected chi connectivity index (χ2v) is 6.17. The van der Waals surface area contributed by atoms with Crippen LogP contribution in [0.25, 0.3) is 0 Å². The molecular formula is C16H24ClN3O. The molecular weight excluding hydrogens is 286 g/mol. The molecule has 0 spiro atoms. The molecule has 1 atom stereocenters. The fourth-order valence-corrected chi connectivity index (χ4v) is 2.93. The van der Waals surface area contributed by atoms with E-state index in [4.69, 9.17) is 17.3 Å². The summed E-state index contributed by atoms with van der Waals surface area (Å²) in [6.07, 6.45) is 4.89. The molecule has 1 aliphatic rings. The molecule has 116 valence electrons. The molecule has 0 aliphatic carbocycles. The monoisotopic (exact) mass is 309 g/mol. The Morgan fingerprint density at radius 2 is 2.24 bits per heavy atom. The first-order valence-corrected chi connectivity index (χ1v) is 8.03. The van der Waals surface area contributed by atoms with E-state index >= 15 is 0 Å². The highest BCUT2D eigenvalue weighted by atomic mass is 35.5. The highest BCUT2D eigenvalue weighted by Gasteiger charge is 2.17. The number of nitrogens with one attached hydrogen (secondary N) is 1. The number of carbonyl (C=O) groups excluding carboxylic acids is 1. The maximum absolute atomic E-state index is 12.1. The molecule has 0 bridgehead atoms. The predicted molar refractivity (Wildman–Crippen MR) is 88.6 cm³/mol. The maximum atomic E-state index is 12.1. The minimum Gasteiger partial charge on any atom is -0.397 e. The van der Waals surface area contributed by atoms with Crippen LogP contribution in [0.1, 0.15) is 32.6 Å². The molecule has 1 fully saturated rings. The lowest BCUT2D eigenvalue weighted by Crippen LogP contribution is -2.34. The standard InChI is InChI=1S/C16H24ClN3O/c1-2-12-4-3-8-20(9-7-12)11-16(21)19-13-5-6-14(17)15(18)10-13/h5-6,10,12H,2-4,7-9,11,18H2,1H3,(H,19,21). The molecule has 5 heteroatoms. The van der Waals surface area contributed by atoms with Gasteiger partial charge >= 0.3 is 0 Å². The highest BCUT2D eigenvalue weighted by Crippen LogP contribution is 2.23. The number of amides is 1. The number of nitrogens with zero attached hydrogens (tertiary/aromatic N) is 1. The summed E-state index contributed by atoms with van der Waals surface area (Å²) in [6.45, 7) is 4.71. The molecule has 2 rings (SSSR count). The quantitative estimate of drug-likeness (QED) is 0.838.